The fourth-order valence-corrected chi connectivity index (χ4v) is 3.92. The van der Waals surface area contributed by atoms with Crippen LogP contribution in [0.1, 0.15) is 43.5 Å². The Kier molecular flexibility index (Phi) is 8.26. The van der Waals surface area contributed by atoms with Crippen molar-refractivity contribution in [2.75, 3.05) is 26.2 Å². The Morgan fingerprint density at radius 2 is 1.82 bits per heavy atom. The number of hydrogen-bond donors (Lipinski definition) is 4. The standard InChI is InChI=1S/C23H32N4O6/c1-14(2)20-22(31)24-9-12-33-18-6-4-3-5-16(18)21(30)25-17(13-19(29)26-20)23(32)27-10-7-15(28)8-11-27/h3-6,14-15,17,20,28H,7-13H2,1-2H3,(H,24,31)(H,25,30)(H,26,29)/t17-,20-/m0/s1. The van der Waals surface area contributed by atoms with Gasteiger partial charge in [-0.25, -0.2) is 0 Å². The molecule has 1 aromatic carbocycles. The number of nitrogens with zero attached hydrogens (tertiary/aromatic N) is 1. The van der Waals surface area contributed by atoms with Gasteiger partial charge in [0.25, 0.3) is 5.91 Å². The van der Waals surface area contributed by atoms with Crippen LogP contribution < -0.4 is 20.7 Å². The van der Waals surface area contributed by atoms with Gasteiger partial charge in [-0.1, -0.05) is 26.0 Å². The van der Waals surface area contributed by atoms with Gasteiger partial charge in [-0.15, -0.1) is 0 Å². The van der Waals surface area contributed by atoms with Crippen LogP contribution in [0, 0.1) is 5.92 Å². The number of piperidine rings is 1. The Hall–Kier alpha value is -3.14. The van der Waals surface area contributed by atoms with Crippen molar-refractivity contribution in [1.82, 2.24) is 20.9 Å². The van der Waals surface area contributed by atoms with Gasteiger partial charge in [-0.2, -0.15) is 0 Å². The molecule has 0 radical (unpaired) electrons. The van der Waals surface area contributed by atoms with Crippen LogP contribution in [0.3, 0.4) is 0 Å². The van der Waals surface area contributed by atoms with E-state index in [-0.39, 0.29) is 37.0 Å². The average molecular weight is 461 g/mol. The van der Waals surface area contributed by atoms with Crippen molar-refractivity contribution >= 4 is 23.6 Å². The van der Waals surface area contributed by atoms with E-state index in [0.717, 1.165) is 0 Å². The van der Waals surface area contributed by atoms with Crippen molar-refractivity contribution in [1.29, 1.82) is 0 Å². The molecule has 10 heteroatoms. The lowest BCUT2D eigenvalue weighted by molar-refractivity contribution is -0.138. The molecule has 0 bridgehead atoms. The molecule has 0 aromatic heterocycles. The highest BCUT2D eigenvalue weighted by Crippen LogP contribution is 2.19. The minimum absolute atomic E-state index is 0.132. The van der Waals surface area contributed by atoms with Gasteiger partial charge in [0.15, 0.2) is 0 Å². The average Bonchev–Trinajstić information content (AvgIpc) is 2.79. The summed E-state index contributed by atoms with van der Waals surface area (Å²) in [5.74, 6) is -1.66. The number of ether oxygens (including phenoxy) is 1. The molecule has 4 N–H and O–H groups in total. The van der Waals surface area contributed by atoms with Crippen molar-refractivity contribution in [3.63, 3.8) is 0 Å². The lowest BCUT2D eigenvalue weighted by Crippen LogP contribution is -2.55. The summed E-state index contributed by atoms with van der Waals surface area (Å²) in [7, 11) is 0. The SMILES string of the molecule is CC(C)[C@@H]1NC(=O)C[C@@H](C(=O)N2CCC(O)CC2)NC(=O)c2ccccc2OCCNC1=O. The van der Waals surface area contributed by atoms with Crippen LogP contribution >= 0.6 is 0 Å². The summed E-state index contributed by atoms with van der Waals surface area (Å²) in [6, 6.07) is 4.69. The van der Waals surface area contributed by atoms with Crippen molar-refractivity contribution < 1.29 is 29.0 Å². The summed E-state index contributed by atoms with van der Waals surface area (Å²) in [6.07, 6.45) is 0.0871. The zero-order valence-electron chi connectivity index (χ0n) is 19.0. The number of carbonyl (C=O) groups excluding carboxylic acids is 4. The highest BCUT2D eigenvalue weighted by Gasteiger charge is 2.33. The van der Waals surface area contributed by atoms with Gasteiger partial charge in [0.05, 0.1) is 24.6 Å². The Labute approximate surface area is 193 Å². The predicted octanol–water partition coefficient (Wildman–Crippen LogP) is -0.192. The summed E-state index contributed by atoms with van der Waals surface area (Å²) in [5.41, 5.74) is 0.230. The third-order valence-electron chi connectivity index (χ3n) is 5.83. The molecule has 33 heavy (non-hydrogen) atoms. The van der Waals surface area contributed by atoms with Crippen molar-refractivity contribution in [3.05, 3.63) is 29.8 Å². The molecule has 2 atom stereocenters. The van der Waals surface area contributed by atoms with Crippen molar-refractivity contribution in [2.24, 2.45) is 5.92 Å². The van der Waals surface area contributed by atoms with E-state index in [9.17, 15) is 24.3 Å². The topological polar surface area (TPSA) is 137 Å². The van der Waals surface area contributed by atoms with Gasteiger partial charge in [0, 0.05) is 13.1 Å². The van der Waals surface area contributed by atoms with Gasteiger partial charge in [-0.3, -0.25) is 19.2 Å². The number of nitrogens with one attached hydrogen (secondary N) is 3. The van der Waals surface area contributed by atoms with Gasteiger partial charge in [0.1, 0.15) is 24.4 Å². The predicted molar refractivity (Wildman–Crippen MR) is 119 cm³/mol. The number of fused-ring (bicyclic) bond motifs is 1. The highest BCUT2D eigenvalue weighted by atomic mass is 16.5. The van der Waals surface area contributed by atoms with E-state index < -0.39 is 35.9 Å². The number of para-hydroxylation sites is 1. The second-order valence-electron chi connectivity index (χ2n) is 8.71. The van der Waals surface area contributed by atoms with Crippen LogP contribution in [0.5, 0.6) is 5.75 Å². The van der Waals surface area contributed by atoms with Crippen LogP contribution in [0.15, 0.2) is 24.3 Å². The number of amides is 4. The Bertz CT molecular complexity index is 881. The summed E-state index contributed by atoms with van der Waals surface area (Å²) in [6.45, 7) is 4.63. The number of hydrogen-bond acceptors (Lipinski definition) is 6. The summed E-state index contributed by atoms with van der Waals surface area (Å²) in [4.78, 5) is 53.3. The molecule has 0 aliphatic carbocycles. The maximum absolute atomic E-state index is 13.2. The number of rotatable bonds is 2. The molecule has 4 amide bonds. The number of likely N-dealkylation sites (tertiary alicyclic amines) is 1. The van der Waals surface area contributed by atoms with E-state index in [2.05, 4.69) is 16.0 Å². The van der Waals surface area contributed by atoms with Gasteiger partial charge < -0.3 is 30.7 Å². The molecule has 0 unspecified atom stereocenters. The molecule has 1 aromatic rings. The first kappa shape index (κ1) is 24.5. The van der Waals surface area contributed by atoms with Crippen LogP contribution in [0.25, 0.3) is 0 Å². The second kappa shape index (κ2) is 11.1. The molecular formula is C23H32N4O6. The fraction of sp³-hybridized carbons (Fsp3) is 0.565. The quantitative estimate of drug-likeness (QED) is 0.483. The molecule has 2 aliphatic heterocycles. The Balaban J connectivity index is 1.88. The lowest BCUT2D eigenvalue weighted by Gasteiger charge is -2.33. The Morgan fingerprint density at radius 3 is 2.52 bits per heavy atom. The van der Waals surface area contributed by atoms with Crippen molar-refractivity contribution in [3.8, 4) is 5.75 Å². The number of aliphatic hydroxyl groups excluding tert-OH is 1. The van der Waals surface area contributed by atoms with E-state index in [1.165, 1.54) is 0 Å². The number of aliphatic hydroxyl groups is 1. The van der Waals surface area contributed by atoms with E-state index in [1.807, 2.05) is 13.8 Å². The third kappa shape index (κ3) is 6.44. The minimum Gasteiger partial charge on any atom is -0.491 e. The van der Waals surface area contributed by atoms with E-state index >= 15 is 0 Å². The maximum atomic E-state index is 13.2. The molecule has 0 spiro atoms. The zero-order chi connectivity index (χ0) is 24.0. The lowest BCUT2D eigenvalue weighted by atomic mass is 10.0. The fourth-order valence-electron chi connectivity index (χ4n) is 3.92. The van der Waals surface area contributed by atoms with E-state index in [1.54, 1.807) is 29.2 Å². The molecule has 2 heterocycles. The smallest absolute Gasteiger partial charge is 0.255 e. The first-order valence-electron chi connectivity index (χ1n) is 11.3. The van der Waals surface area contributed by atoms with Gasteiger partial charge in [-0.05, 0) is 30.9 Å². The summed E-state index contributed by atoms with van der Waals surface area (Å²) >= 11 is 0. The van der Waals surface area contributed by atoms with Gasteiger partial charge >= 0.3 is 0 Å². The normalized spacial score (nSPS) is 23.5. The van der Waals surface area contributed by atoms with Crippen LogP contribution in [-0.4, -0.2) is 78.1 Å². The van der Waals surface area contributed by atoms with Crippen LogP contribution in [-0.2, 0) is 14.4 Å². The maximum Gasteiger partial charge on any atom is 0.255 e. The van der Waals surface area contributed by atoms with Crippen molar-refractivity contribution in [2.45, 2.75) is 51.3 Å². The summed E-state index contributed by atoms with van der Waals surface area (Å²) < 4.78 is 5.71. The molecular weight excluding hydrogens is 428 g/mol. The third-order valence-corrected chi connectivity index (χ3v) is 5.83. The van der Waals surface area contributed by atoms with Crippen LogP contribution in [0.4, 0.5) is 0 Å². The molecule has 1 saturated heterocycles. The Morgan fingerprint density at radius 1 is 1.12 bits per heavy atom. The molecule has 180 valence electrons. The number of benzene rings is 1. The summed E-state index contributed by atoms with van der Waals surface area (Å²) in [5, 5.41) is 17.9. The molecule has 1 fully saturated rings. The second-order valence-corrected chi connectivity index (χ2v) is 8.71. The molecule has 3 rings (SSSR count). The van der Waals surface area contributed by atoms with E-state index in [0.29, 0.717) is 31.7 Å². The highest BCUT2D eigenvalue weighted by molar-refractivity contribution is 6.01. The van der Waals surface area contributed by atoms with E-state index in [4.69, 9.17) is 4.74 Å². The first-order chi connectivity index (χ1) is 15.8. The largest absolute Gasteiger partial charge is 0.491 e. The monoisotopic (exact) mass is 460 g/mol. The zero-order valence-corrected chi connectivity index (χ0v) is 19.0. The molecule has 2 aliphatic rings. The molecule has 10 nitrogen and oxygen atoms in total. The molecule has 0 saturated carbocycles. The minimum atomic E-state index is -1.13. The van der Waals surface area contributed by atoms with Gasteiger partial charge in [0.2, 0.25) is 17.7 Å². The number of carbonyl (C=O) groups is 4. The van der Waals surface area contributed by atoms with Crippen LogP contribution in [0.2, 0.25) is 0 Å². The first-order valence-corrected chi connectivity index (χ1v) is 11.3.